The molecule has 0 radical (unpaired) electrons. The van der Waals surface area contributed by atoms with Crippen molar-refractivity contribution in [3.05, 3.63) is 101 Å². The average molecular weight is 423 g/mol. The molecule has 0 bridgehead atoms. The van der Waals surface area contributed by atoms with Gasteiger partial charge in [-0.15, -0.1) is 0 Å². The molecule has 0 fully saturated rings. The summed E-state index contributed by atoms with van der Waals surface area (Å²) in [4.78, 5) is 25.2. The van der Waals surface area contributed by atoms with Gasteiger partial charge in [-0.3, -0.25) is 9.59 Å². The third-order valence-corrected chi connectivity index (χ3v) is 4.73. The number of hydrogen-bond acceptors (Lipinski definition) is 3. The number of nitrogens with one attached hydrogen (secondary N) is 2. The number of halogens is 1. The van der Waals surface area contributed by atoms with Crippen LogP contribution in [-0.4, -0.2) is 25.0 Å². The Kier molecular flexibility index (Phi) is 7.46. The molecule has 0 saturated carbocycles. The summed E-state index contributed by atoms with van der Waals surface area (Å²) in [6, 6.07) is 23.5. The van der Waals surface area contributed by atoms with Gasteiger partial charge in [-0.05, 0) is 42.3 Å². The first-order valence-electron chi connectivity index (χ1n) is 9.68. The van der Waals surface area contributed by atoms with Crippen LogP contribution in [0.2, 0.25) is 5.02 Å². The minimum atomic E-state index is -0.364. The Morgan fingerprint density at radius 2 is 1.53 bits per heavy atom. The normalized spacial score (nSPS) is 11.4. The number of benzene rings is 3. The van der Waals surface area contributed by atoms with Gasteiger partial charge in [0.1, 0.15) is 5.75 Å². The third-order valence-electron chi connectivity index (χ3n) is 4.48. The van der Waals surface area contributed by atoms with Crippen LogP contribution in [-0.2, 0) is 4.79 Å². The fraction of sp³-hybridized carbons (Fsp3) is 0.167. The van der Waals surface area contributed by atoms with Crippen molar-refractivity contribution < 1.29 is 14.3 Å². The van der Waals surface area contributed by atoms with E-state index in [0.717, 1.165) is 11.1 Å². The molecule has 0 aromatic heterocycles. The maximum absolute atomic E-state index is 12.6. The molecule has 0 saturated heterocycles. The molecule has 1 unspecified atom stereocenters. The van der Waals surface area contributed by atoms with Gasteiger partial charge in [-0.25, -0.2) is 0 Å². The molecule has 3 aromatic rings. The Labute approximate surface area is 181 Å². The molecule has 3 aromatic carbocycles. The van der Waals surface area contributed by atoms with Crippen molar-refractivity contribution in [2.75, 3.05) is 13.2 Å². The number of para-hydroxylation sites is 1. The van der Waals surface area contributed by atoms with Crippen molar-refractivity contribution in [2.24, 2.45) is 0 Å². The molecule has 3 rings (SSSR count). The number of rotatable bonds is 8. The number of carbonyl (C=O) groups excluding carboxylic acids is 2. The van der Waals surface area contributed by atoms with E-state index >= 15 is 0 Å². The summed E-state index contributed by atoms with van der Waals surface area (Å²) in [6.45, 7) is 2.14. The van der Waals surface area contributed by atoms with Gasteiger partial charge >= 0.3 is 0 Å². The van der Waals surface area contributed by atoms with Gasteiger partial charge in [0, 0.05) is 5.02 Å². The lowest BCUT2D eigenvalue weighted by Gasteiger charge is -2.20. The van der Waals surface area contributed by atoms with E-state index < -0.39 is 0 Å². The average Bonchev–Trinajstić information content (AvgIpc) is 2.78. The highest BCUT2D eigenvalue weighted by Gasteiger charge is 2.18. The van der Waals surface area contributed by atoms with E-state index in [0.29, 0.717) is 22.9 Å². The van der Waals surface area contributed by atoms with E-state index in [1.54, 1.807) is 36.4 Å². The summed E-state index contributed by atoms with van der Waals surface area (Å²) in [5, 5.41) is 6.27. The molecule has 0 aliphatic heterocycles. The first-order chi connectivity index (χ1) is 14.6. The second kappa shape index (κ2) is 10.5. The molecule has 0 aliphatic carbocycles. The topological polar surface area (TPSA) is 67.4 Å². The standard InChI is InChI=1S/C24H23ClN2O3/c1-2-30-21-11-7-6-10-20(21)24(29)26-16-22(28)27-23(17-8-4-3-5-9-17)18-12-14-19(25)15-13-18/h3-15,23H,2,16H2,1H3,(H,26,29)(H,27,28). The molecule has 2 amide bonds. The molecule has 6 heteroatoms. The van der Waals surface area contributed by atoms with Crippen LogP contribution in [0.15, 0.2) is 78.9 Å². The van der Waals surface area contributed by atoms with Crippen LogP contribution in [0, 0.1) is 0 Å². The Balaban J connectivity index is 1.69. The predicted octanol–water partition coefficient (Wildman–Crippen LogP) is 4.37. The van der Waals surface area contributed by atoms with E-state index in [1.807, 2.05) is 49.4 Å². The van der Waals surface area contributed by atoms with E-state index in [4.69, 9.17) is 16.3 Å². The second-order valence-corrected chi connectivity index (χ2v) is 7.01. The van der Waals surface area contributed by atoms with Crippen LogP contribution in [0.25, 0.3) is 0 Å². The number of carbonyl (C=O) groups is 2. The van der Waals surface area contributed by atoms with Gasteiger partial charge in [-0.2, -0.15) is 0 Å². The lowest BCUT2D eigenvalue weighted by atomic mass is 9.98. The Bertz CT molecular complexity index is 991. The molecule has 1 atom stereocenters. The van der Waals surface area contributed by atoms with Crippen LogP contribution in [0.1, 0.15) is 34.5 Å². The first kappa shape index (κ1) is 21.4. The van der Waals surface area contributed by atoms with Gasteiger partial charge in [0.05, 0.1) is 24.8 Å². The van der Waals surface area contributed by atoms with E-state index in [-0.39, 0.29) is 24.4 Å². The predicted molar refractivity (Wildman–Crippen MR) is 118 cm³/mol. The van der Waals surface area contributed by atoms with Crippen molar-refractivity contribution in [2.45, 2.75) is 13.0 Å². The maximum Gasteiger partial charge on any atom is 0.255 e. The summed E-state index contributed by atoms with van der Waals surface area (Å²) >= 11 is 6.00. The van der Waals surface area contributed by atoms with Gasteiger partial charge in [0.25, 0.3) is 5.91 Å². The van der Waals surface area contributed by atoms with Crippen molar-refractivity contribution in [3.8, 4) is 5.75 Å². The van der Waals surface area contributed by atoms with Crippen molar-refractivity contribution in [1.82, 2.24) is 10.6 Å². The largest absolute Gasteiger partial charge is 0.493 e. The van der Waals surface area contributed by atoms with Crippen LogP contribution < -0.4 is 15.4 Å². The Hall–Kier alpha value is -3.31. The molecule has 154 valence electrons. The van der Waals surface area contributed by atoms with Gasteiger partial charge in [0.15, 0.2) is 0 Å². The van der Waals surface area contributed by atoms with Crippen molar-refractivity contribution in [3.63, 3.8) is 0 Å². The summed E-state index contributed by atoms with van der Waals surface area (Å²) in [5.41, 5.74) is 2.22. The molecule has 0 aliphatic rings. The van der Waals surface area contributed by atoms with Crippen LogP contribution >= 0.6 is 11.6 Å². The lowest BCUT2D eigenvalue weighted by Crippen LogP contribution is -2.39. The van der Waals surface area contributed by atoms with Crippen LogP contribution in [0.5, 0.6) is 5.75 Å². The summed E-state index contributed by atoms with van der Waals surface area (Å²) in [5.74, 6) is -0.181. The van der Waals surface area contributed by atoms with Gasteiger partial charge in [0.2, 0.25) is 5.91 Å². The first-order valence-corrected chi connectivity index (χ1v) is 10.1. The zero-order chi connectivity index (χ0) is 21.3. The van der Waals surface area contributed by atoms with E-state index in [1.165, 1.54) is 0 Å². The fourth-order valence-corrected chi connectivity index (χ4v) is 3.19. The molecule has 0 heterocycles. The number of ether oxygens (including phenoxy) is 1. The van der Waals surface area contributed by atoms with Crippen LogP contribution in [0.4, 0.5) is 0 Å². The molecule has 30 heavy (non-hydrogen) atoms. The lowest BCUT2D eigenvalue weighted by molar-refractivity contribution is -0.120. The summed E-state index contributed by atoms with van der Waals surface area (Å²) in [6.07, 6.45) is 0. The SMILES string of the molecule is CCOc1ccccc1C(=O)NCC(=O)NC(c1ccccc1)c1ccc(Cl)cc1. The molecule has 0 spiro atoms. The molecule has 2 N–H and O–H groups in total. The minimum Gasteiger partial charge on any atom is -0.493 e. The highest BCUT2D eigenvalue weighted by molar-refractivity contribution is 6.30. The zero-order valence-corrected chi connectivity index (χ0v) is 17.4. The van der Waals surface area contributed by atoms with E-state index in [9.17, 15) is 9.59 Å². The van der Waals surface area contributed by atoms with Crippen molar-refractivity contribution in [1.29, 1.82) is 0 Å². The fourth-order valence-electron chi connectivity index (χ4n) is 3.06. The highest BCUT2D eigenvalue weighted by Crippen LogP contribution is 2.23. The van der Waals surface area contributed by atoms with Gasteiger partial charge < -0.3 is 15.4 Å². The number of amides is 2. The molecular weight excluding hydrogens is 400 g/mol. The van der Waals surface area contributed by atoms with Crippen LogP contribution in [0.3, 0.4) is 0 Å². The highest BCUT2D eigenvalue weighted by atomic mass is 35.5. The minimum absolute atomic E-state index is 0.157. The van der Waals surface area contributed by atoms with Crippen molar-refractivity contribution >= 4 is 23.4 Å². The van der Waals surface area contributed by atoms with E-state index in [2.05, 4.69) is 10.6 Å². The molecule has 5 nitrogen and oxygen atoms in total. The Morgan fingerprint density at radius 3 is 2.23 bits per heavy atom. The maximum atomic E-state index is 12.6. The monoisotopic (exact) mass is 422 g/mol. The third kappa shape index (κ3) is 5.61. The molecular formula is C24H23ClN2O3. The smallest absolute Gasteiger partial charge is 0.255 e. The second-order valence-electron chi connectivity index (χ2n) is 6.57. The summed E-state index contributed by atoms with van der Waals surface area (Å²) in [7, 11) is 0. The number of hydrogen-bond donors (Lipinski definition) is 2. The quantitative estimate of drug-likeness (QED) is 0.566. The Morgan fingerprint density at radius 1 is 0.900 bits per heavy atom. The summed E-state index contributed by atoms with van der Waals surface area (Å²) < 4.78 is 5.48. The van der Waals surface area contributed by atoms with Gasteiger partial charge in [-0.1, -0.05) is 66.2 Å². The zero-order valence-electron chi connectivity index (χ0n) is 16.6.